The molecule has 0 saturated heterocycles. The molecule has 94 valence electrons. The summed E-state index contributed by atoms with van der Waals surface area (Å²) in [6.45, 7) is 0.487. The SMILES string of the molecule is Cl.NCc1ccc(-c2ccccc2C(=O)O)cc1. The van der Waals surface area contributed by atoms with Gasteiger partial charge in [-0.25, -0.2) is 4.79 Å². The molecule has 0 aliphatic heterocycles. The normalized spacial score (nSPS) is 9.61. The molecule has 2 rings (SSSR count). The molecule has 0 radical (unpaired) electrons. The largest absolute Gasteiger partial charge is 0.478 e. The Hall–Kier alpha value is -1.84. The van der Waals surface area contributed by atoms with Crippen molar-refractivity contribution in [1.29, 1.82) is 0 Å². The molecule has 0 amide bonds. The van der Waals surface area contributed by atoms with Gasteiger partial charge >= 0.3 is 5.97 Å². The van der Waals surface area contributed by atoms with Gasteiger partial charge in [-0.15, -0.1) is 12.4 Å². The first kappa shape index (κ1) is 14.2. The van der Waals surface area contributed by atoms with E-state index in [4.69, 9.17) is 10.8 Å². The molecule has 0 fully saturated rings. The van der Waals surface area contributed by atoms with E-state index in [1.165, 1.54) is 0 Å². The topological polar surface area (TPSA) is 63.3 Å². The third-order valence-electron chi connectivity index (χ3n) is 2.66. The second-order valence-electron chi connectivity index (χ2n) is 3.75. The summed E-state index contributed by atoms with van der Waals surface area (Å²) in [6.07, 6.45) is 0. The molecular formula is C14H14ClNO2. The lowest BCUT2D eigenvalue weighted by atomic mass is 9.99. The summed E-state index contributed by atoms with van der Waals surface area (Å²) < 4.78 is 0. The lowest BCUT2D eigenvalue weighted by Crippen LogP contribution is -1.99. The van der Waals surface area contributed by atoms with Crippen LogP contribution in [0.2, 0.25) is 0 Å². The van der Waals surface area contributed by atoms with Crippen LogP contribution in [0.1, 0.15) is 15.9 Å². The minimum absolute atomic E-state index is 0. The molecule has 2 aromatic rings. The first-order chi connectivity index (χ1) is 8.22. The maximum absolute atomic E-state index is 11.1. The van der Waals surface area contributed by atoms with Crippen molar-refractivity contribution in [2.24, 2.45) is 5.73 Å². The smallest absolute Gasteiger partial charge is 0.336 e. The van der Waals surface area contributed by atoms with Crippen molar-refractivity contribution in [1.82, 2.24) is 0 Å². The molecular weight excluding hydrogens is 250 g/mol. The van der Waals surface area contributed by atoms with Gasteiger partial charge in [0, 0.05) is 6.54 Å². The molecule has 4 heteroatoms. The van der Waals surface area contributed by atoms with Crippen molar-refractivity contribution in [2.75, 3.05) is 0 Å². The lowest BCUT2D eigenvalue weighted by molar-refractivity contribution is 0.0697. The molecule has 0 aliphatic rings. The van der Waals surface area contributed by atoms with E-state index in [1.54, 1.807) is 18.2 Å². The predicted molar refractivity (Wildman–Crippen MR) is 74.0 cm³/mol. The molecule has 0 atom stereocenters. The number of halogens is 1. The van der Waals surface area contributed by atoms with Crippen LogP contribution in [0.3, 0.4) is 0 Å². The summed E-state index contributed by atoms with van der Waals surface area (Å²) in [5.74, 6) is -0.913. The van der Waals surface area contributed by atoms with Crippen LogP contribution in [0.15, 0.2) is 48.5 Å². The van der Waals surface area contributed by atoms with Crippen molar-refractivity contribution in [2.45, 2.75) is 6.54 Å². The van der Waals surface area contributed by atoms with E-state index in [2.05, 4.69) is 0 Å². The van der Waals surface area contributed by atoms with Crippen molar-refractivity contribution in [3.05, 3.63) is 59.7 Å². The number of rotatable bonds is 3. The minimum Gasteiger partial charge on any atom is -0.478 e. The average Bonchev–Trinajstić information content (AvgIpc) is 2.39. The van der Waals surface area contributed by atoms with Crippen LogP contribution in [0, 0.1) is 0 Å². The van der Waals surface area contributed by atoms with E-state index >= 15 is 0 Å². The van der Waals surface area contributed by atoms with Gasteiger partial charge in [-0.05, 0) is 22.8 Å². The van der Waals surface area contributed by atoms with Crippen LogP contribution in [-0.4, -0.2) is 11.1 Å². The van der Waals surface area contributed by atoms with Gasteiger partial charge < -0.3 is 10.8 Å². The maximum Gasteiger partial charge on any atom is 0.336 e. The Balaban J connectivity index is 0.00000162. The van der Waals surface area contributed by atoms with Crippen molar-refractivity contribution in [3.63, 3.8) is 0 Å². The van der Waals surface area contributed by atoms with Crippen LogP contribution >= 0.6 is 12.4 Å². The molecule has 0 aliphatic carbocycles. The van der Waals surface area contributed by atoms with Crippen LogP contribution in [0.25, 0.3) is 11.1 Å². The van der Waals surface area contributed by atoms with Gasteiger partial charge in [0.25, 0.3) is 0 Å². The monoisotopic (exact) mass is 263 g/mol. The molecule has 3 N–H and O–H groups in total. The highest BCUT2D eigenvalue weighted by Gasteiger charge is 2.10. The number of carboxylic acids is 1. The van der Waals surface area contributed by atoms with Gasteiger partial charge in [0.2, 0.25) is 0 Å². The Kier molecular flexibility index (Phi) is 4.89. The molecule has 0 unspecified atom stereocenters. The Morgan fingerprint density at radius 3 is 2.22 bits per heavy atom. The van der Waals surface area contributed by atoms with E-state index < -0.39 is 5.97 Å². The summed E-state index contributed by atoms with van der Waals surface area (Å²) in [5, 5.41) is 9.11. The van der Waals surface area contributed by atoms with E-state index in [1.807, 2.05) is 30.3 Å². The van der Waals surface area contributed by atoms with Gasteiger partial charge in [0.15, 0.2) is 0 Å². The van der Waals surface area contributed by atoms with E-state index in [0.717, 1.165) is 16.7 Å². The number of carboxylic acid groups (broad SMARTS) is 1. The van der Waals surface area contributed by atoms with E-state index in [9.17, 15) is 4.79 Å². The molecule has 0 heterocycles. The minimum atomic E-state index is -0.913. The van der Waals surface area contributed by atoms with Gasteiger partial charge in [-0.2, -0.15) is 0 Å². The molecule has 0 saturated carbocycles. The van der Waals surface area contributed by atoms with Crippen LogP contribution < -0.4 is 5.73 Å². The third-order valence-corrected chi connectivity index (χ3v) is 2.66. The second-order valence-corrected chi connectivity index (χ2v) is 3.75. The molecule has 2 aromatic carbocycles. The number of aromatic carboxylic acids is 1. The first-order valence-electron chi connectivity index (χ1n) is 5.34. The highest BCUT2D eigenvalue weighted by molar-refractivity contribution is 5.95. The fraction of sp³-hybridized carbons (Fsp3) is 0.0714. The van der Waals surface area contributed by atoms with Crippen LogP contribution in [0.4, 0.5) is 0 Å². The maximum atomic E-state index is 11.1. The third kappa shape index (κ3) is 2.88. The summed E-state index contributed by atoms with van der Waals surface area (Å²) in [5.41, 5.74) is 8.48. The Labute approximate surface area is 112 Å². The van der Waals surface area contributed by atoms with E-state index in [0.29, 0.717) is 12.1 Å². The number of carbonyl (C=O) groups is 1. The molecule has 0 spiro atoms. The van der Waals surface area contributed by atoms with Crippen LogP contribution in [0.5, 0.6) is 0 Å². The zero-order chi connectivity index (χ0) is 12.3. The Morgan fingerprint density at radius 2 is 1.67 bits per heavy atom. The summed E-state index contributed by atoms with van der Waals surface area (Å²) >= 11 is 0. The van der Waals surface area contributed by atoms with Crippen LogP contribution in [-0.2, 0) is 6.54 Å². The fourth-order valence-electron chi connectivity index (χ4n) is 1.74. The number of hydrogen-bond acceptors (Lipinski definition) is 2. The number of nitrogens with two attached hydrogens (primary N) is 1. The van der Waals surface area contributed by atoms with Gasteiger partial charge in [0.05, 0.1) is 5.56 Å². The highest BCUT2D eigenvalue weighted by atomic mass is 35.5. The summed E-state index contributed by atoms with van der Waals surface area (Å²) in [4.78, 5) is 11.1. The van der Waals surface area contributed by atoms with Gasteiger partial charge in [-0.3, -0.25) is 0 Å². The average molecular weight is 264 g/mol. The van der Waals surface area contributed by atoms with Crippen molar-refractivity contribution >= 4 is 18.4 Å². The summed E-state index contributed by atoms with van der Waals surface area (Å²) in [6, 6.07) is 14.6. The quantitative estimate of drug-likeness (QED) is 0.895. The van der Waals surface area contributed by atoms with Crippen molar-refractivity contribution in [3.8, 4) is 11.1 Å². The molecule has 3 nitrogen and oxygen atoms in total. The molecule has 18 heavy (non-hydrogen) atoms. The first-order valence-corrected chi connectivity index (χ1v) is 5.34. The van der Waals surface area contributed by atoms with Gasteiger partial charge in [0.1, 0.15) is 0 Å². The zero-order valence-electron chi connectivity index (χ0n) is 9.67. The van der Waals surface area contributed by atoms with E-state index in [-0.39, 0.29) is 12.4 Å². The predicted octanol–water partition coefficient (Wildman–Crippen LogP) is 2.93. The summed E-state index contributed by atoms with van der Waals surface area (Å²) in [7, 11) is 0. The van der Waals surface area contributed by atoms with Crippen molar-refractivity contribution < 1.29 is 9.90 Å². The molecule has 0 bridgehead atoms. The lowest BCUT2D eigenvalue weighted by Gasteiger charge is -2.06. The van der Waals surface area contributed by atoms with Gasteiger partial charge in [-0.1, -0.05) is 42.5 Å². The number of benzene rings is 2. The molecule has 0 aromatic heterocycles. The Bertz CT molecular complexity index is 538. The Morgan fingerprint density at radius 1 is 1.06 bits per heavy atom. The number of hydrogen-bond donors (Lipinski definition) is 2. The standard InChI is InChI=1S/C14H13NO2.ClH/c15-9-10-5-7-11(8-6-10)12-3-1-2-4-13(12)14(16)17;/h1-8H,9,15H2,(H,16,17);1H. The highest BCUT2D eigenvalue weighted by Crippen LogP contribution is 2.23. The zero-order valence-corrected chi connectivity index (χ0v) is 10.5. The fourth-order valence-corrected chi connectivity index (χ4v) is 1.74. The second kappa shape index (κ2) is 6.19.